The van der Waals surface area contributed by atoms with Crippen LogP contribution in [0, 0.1) is 24.0 Å². The van der Waals surface area contributed by atoms with Crippen molar-refractivity contribution in [2.75, 3.05) is 0 Å². The number of nitrogens with one attached hydrogen (secondary N) is 2. The maximum absolute atomic E-state index is 12.1. The lowest BCUT2D eigenvalue weighted by molar-refractivity contribution is -0.385. The fourth-order valence-electron chi connectivity index (χ4n) is 1.82. The molecular weight excluding hydrogens is 260 g/mol. The van der Waals surface area contributed by atoms with Crippen LogP contribution in [-0.4, -0.2) is 21.0 Å². The van der Waals surface area contributed by atoms with Crippen molar-refractivity contribution in [3.63, 3.8) is 0 Å². The van der Waals surface area contributed by atoms with Gasteiger partial charge in [0.05, 0.1) is 11.1 Å². The van der Waals surface area contributed by atoms with Crippen LogP contribution in [0.15, 0.2) is 24.4 Å². The predicted molar refractivity (Wildman–Crippen MR) is 72.3 cm³/mol. The van der Waals surface area contributed by atoms with E-state index in [4.69, 9.17) is 0 Å². The molecule has 104 valence electrons. The van der Waals surface area contributed by atoms with Crippen molar-refractivity contribution in [1.29, 1.82) is 0 Å². The summed E-state index contributed by atoms with van der Waals surface area (Å²) in [6.07, 6.45) is 1.61. The minimum Gasteiger partial charge on any atom is -0.348 e. The van der Waals surface area contributed by atoms with Crippen LogP contribution in [0.25, 0.3) is 0 Å². The zero-order valence-electron chi connectivity index (χ0n) is 11.1. The molecule has 2 rings (SSSR count). The molecule has 0 spiro atoms. The molecule has 0 aliphatic rings. The second-order valence-electron chi connectivity index (χ2n) is 4.48. The van der Waals surface area contributed by atoms with E-state index >= 15 is 0 Å². The minimum atomic E-state index is -0.558. The zero-order valence-corrected chi connectivity index (χ0v) is 11.1. The number of carbonyl (C=O) groups excluding carboxylic acids is 1. The Balaban J connectivity index is 2.19. The lowest BCUT2D eigenvalue weighted by Gasteiger charge is -2.06. The summed E-state index contributed by atoms with van der Waals surface area (Å²) in [6.45, 7) is 3.89. The summed E-state index contributed by atoms with van der Waals surface area (Å²) in [5, 5.41) is 20.2. The Kier molecular flexibility index (Phi) is 3.79. The highest BCUT2D eigenvalue weighted by Crippen LogP contribution is 2.19. The van der Waals surface area contributed by atoms with Crippen LogP contribution in [0.1, 0.15) is 27.2 Å². The highest BCUT2D eigenvalue weighted by Gasteiger charge is 2.20. The molecule has 1 heterocycles. The van der Waals surface area contributed by atoms with Crippen LogP contribution in [0.4, 0.5) is 5.69 Å². The molecule has 1 amide bonds. The molecule has 2 aromatic rings. The van der Waals surface area contributed by atoms with Gasteiger partial charge in [-0.25, -0.2) is 0 Å². The molecule has 2 N–H and O–H groups in total. The third-order valence-electron chi connectivity index (χ3n) is 2.97. The highest BCUT2D eigenvalue weighted by atomic mass is 16.6. The first-order valence-corrected chi connectivity index (χ1v) is 6.01. The molecule has 1 aromatic heterocycles. The molecule has 0 unspecified atom stereocenters. The van der Waals surface area contributed by atoms with Gasteiger partial charge in [-0.1, -0.05) is 6.07 Å². The topological polar surface area (TPSA) is 101 Å². The summed E-state index contributed by atoms with van der Waals surface area (Å²) in [5.74, 6) is -0.471. The Labute approximate surface area is 115 Å². The van der Waals surface area contributed by atoms with Crippen LogP contribution < -0.4 is 5.32 Å². The van der Waals surface area contributed by atoms with Crippen LogP contribution in [0.5, 0.6) is 0 Å². The number of nitrogens with zero attached hydrogens (tertiary/aromatic N) is 2. The fourth-order valence-corrected chi connectivity index (χ4v) is 1.82. The van der Waals surface area contributed by atoms with Crippen LogP contribution in [-0.2, 0) is 6.54 Å². The van der Waals surface area contributed by atoms with E-state index in [1.54, 1.807) is 19.2 Å². The van der Waals surface area contributed by atoms with E-state index in [1.165, 1.54) is 12.1 Å². The second-order valence-corrected chi connectivity index (χ2v) is 4.48. The average Bonchev–Trinajstić information content (AvgIpc) is 2.81. The van der Waals surface area contributed by atoms with Gasteiger partial charge in [-0.3, -0.25) is 20.0 Å². The van der Waals surface area contributed by atoms with Gasteiger partial charge in [-0.2, -0.15) is 5.10 Å². The number of aromatic amines is 1. The SMILES string of the molecule is Cc1ccc([N+](=O)[O-])c(C(=O)NCc2cn[nH]c2C)c1. The van der Waals surface area contributed by atoms with E-state index in [9.17, 15) is 14.9 Å². The van der Waals surface area contributed by atoms with Gasteiger partial charge >= 0.3 is 0 Å². The predicted octanol–water partition coefficient (Wildman–Crippen LogP) is 1.86. The first-order chi connectivity index (χ1) is 9.49. The largest absolute Gasteiger partial charge is 0.348 e. The van der Waals surface area contributed by atoms with Crippen molar-refractivity contribution < 1.29 is 9.72 Å². The number of H-pyrrole nitrogens is 1. The summed E-state index contributed by atoms with van der Waals surface area (Å²) in [5.41, 5.74) is 2.35. The van der Waals surface area contributed by atoms with Gasteiger partial charge in [0.15, 0.2) is 0 Å². The summed E-state index contributed by atoms with van der Waals surface area (Å²) in [7, 11) is 0. The monoisotopic (exact) mass is 274 g/mol. The van der Waals surface area contributed by atoms with Crippen LogP contribution >= 0.6 is 0 Å². The Morgan fingerprint density at radius 3 is 2.80 bits per heavy atom. The minimum absolute atomic E-state index is 0.0659. The molecule has 0 aliphatic heterocycles. The van der Waals surface area contributed by atoms with Crippen LogP contribution in [0.3, 0.4) is 0 Å². The van der Waals surface area contributed by atoms with E-state index in [1.807, 2.05) is 6.92 Å². The third kappa shape index (κ3) is 2.82. The normalized spacial score (nSPS) is 10.3. The first-order valence-electron chi connectivity index (χ1n) is 6.01. The maximum atomic E-state index is 12.1. The maximum Gasteiger partial charge on any atom is 0.282 e. The number of hydrogen-bond donors (Lipinski definition) is 2. The van der Waals surface area contributed by atoms with Gasteiger partial charge < -0.3 is 5.32 Å². The summed E-state index contributed by atoms with van der Waals surface area (Å²) in [6, 6.07) is 4.46. The number of amides is 1. The molecule has 0 saturated carbocycles. The van der Waals surface area contributed by atoms with Gasteiger partial charge in [0.1, 0.15) is 5.56 Å². The van der Waals surface area contributed by atoms with Gasteiger partial charge in [0.2, 0.25) is 0 Å². The molecule has 20 heavy (non-hydrogen) atoms. The Morgan fingerprint density at radius 2 is 2.20 bits per heavy atom. The Morgan fingerprint density at radius 1 is 1.45 bits per heavy atom. The molecule has 7 nitrogen and oxygen atoms in total. The number of benzene rings is 1. The quantitative estimate of drug-likeness (QED) is 0.656. The number of carbonyl (C=O) groups is 1. The van der Waals surface area contributed by atoms with Crippen molar-refractivity contribution in [2.45, 2.75) is 20.4 Å². The van der Waals surface area contributed by atoms with E-state index in [0.29, 0.717) is 0 Å². The summed E-state index contributed by atoms with van der Waals surface area (Å²) in [4.78, 5) is 22.5. The number of aromatic nitrogens is 2. The van der Waals surface area contributed by atoms with Gasteiger partial charge in [0.25, 0.3) is 11.6 Å². The summed E-state index contributed by atoms with van der Waals surface area (Å²) >= 11 is 0. The van der Waals surface area contributed by atoms with Crippen molar-refractivity contribution >= 4 is 11.6 Å². The van der Waals surface area contributed by atoms with E-state index in [2.05, 4.69) is 15.5 Å². The first kappa shape index (κ1) is 13.7. The Bertz CT molecular complexity index is 663. The molecule has 0 atom stereocenters. The van der Waals surface area contributed by atoms with Crippen molar-refractivity contribution in [2.24, 2.45) is 0 Å². The number of rotatable bonds is 4. The van der Waals surface area contributed by atoms with E-state index in [-0.39, 0.29) is 17.8 Å². The summed E-state index contributed by atoms with van der Waals surface area (Å²) < 4.78 is 0. The fraction of sp³-hybridized carbons (Fsp3) is 0.231. The standard InChI is InChI=1S/C13H14N4O3/c1-8-3-4-12(17(19)20)11(5-8)13(18)14-6-10-7-15-16-9(10)2/h3-5,7H,6H2,1-2H3,(H,14,18)(H,15,16). The average molecular weight is 274 g/mol. The zero-order chi connectivity index (χ0) is 14.7. The molecule has 7 heteroatoms. The van der Waals surface area contributed by atoms with Gasteiger partial charge in [0, 0.05) is 23.9 Å². The Hall–Kier alpha value is -2.70. The number of aryl methyl sites for hydroxylation is 2. The van der Waals surface area contributed by atoms with E-state index < -0.39 is 10.8 Å². The number of nitro groups is 1. The molecule has 1 aromatic carbocycles. The molecule has 0 bridgehead atoms. The van der Waals surface area contributed by atoms with Crippen molar-refractivity contribution in [3.8, 4) is 0 Å². The van der Waals surface area contributed by atoms with Crippen LogP contribution in [0.2, 0.25) is 0 Å². The van der Waals surface area contributed by atoms with Crippen molar-refractivity contribution in [3.05, 3.63) is 56.9 Å². The van der Waals surface area contributed by atoms with Gasteiger partial charge in [-0.15, -0.1) is 0 Å². The second kappa shape index (κ2) is 5.52. The number of hydrogen-bond acceptors (Lipinski definition) is 4. The number of nitro benzene ring substituents is 1. The van der Waals surface area contributed by atoms with Gasteiger partial charge in [-0.05, 0) is 25.5 Å². The molecule has 0 fully saturated rings. The molecule has 0 aliphatic carbocycles. The van der Waals surface area contributed by atoms with E-state index in [0.717, 1.165) is 16.8 Å². The van der Waals surface area contributed by atoms with Crippen molar-refractivity contribution in [1.82, 2.24) is 15.5 Å². The lowest BCUT2D eigenvalue weighted by atomic mass is 10.1. The smallest absolute Gasteiger partial charge is 0.282 e. The third-order valence-corrected chi connectivity index (χ3v) is 2.97. The lowest BCUT2D eigenvalue weighted by Crippen LogP contribution is -2.24. The molecule has 0 radical (unpaired) electrons. The highest BCUT2D eigenvalue weighted by molar-refractivity contribution is 5.98. The molecule has 0 saturated heterocycles. The molecular formula is C13H14N4O3.